The normalized spacial score (nSPS) is 14.4. The smallest absolute Gasteiger partial charge is 0.251 e. The number of sulfonamides is 1. The number of carbonyl (C=O) groups excluding carboxylic acids is 1. The molecule has 2 aromatic rings. The fourth-order valence-corrected chi connectivity index (χ4v) is 4.56. The average molecular weight is 372 g/mol. The molecule has 6 heteroatoms. The van der Waals surface area contributed by atoms with Crippen molar-refractivity contribution < 1.29 is 13.2 Å². The van der Waals surface area contributed by atoms with E-state index in [9.17, 15) is 13.2 Å². The number of hydrogen-bond acceptors (Lipinski definition) is 3. The summed E-state index contributed by atoms with van der Waals surface area (Å²) in [5, 5.41) is 2.58. The van der Waals surface area contributed by atoms with Crippen LogP contribution in [0.4, 0.5) is 0 Å². The van der Waals surface area contributed by atoms with Crippen molar-refractivity contribution in [2.24, 2.45) is 0 Å². The molecule has 1 amide bonds. The first kappa shape index (κ1) is 18.6. The van der Waals surface area contributed by atoms with Crippen LogP contribution >= 0.6 is 0 Å². The molecule has 138 valence electrons. The quantitative estimate of drug-likeness (QED) is 0.813. The van der Waals surface area contributed by atoms with E-state index in [4.69, 9.17) is 0 Å². The van der Waals surface area contributed by atoms with Crippen LogP contribution in [0.2, 0.25) is 0 Å². The SMILES string of the molecule is CCc1ccc(S(=O)(=O)N(Cc2ccc(C(=O)NC)cc2)C2CC2)cc1. The molecule has 0 atom stereocenters. The molecular weight excluding hydrogens is 348 g/mol. The van der Waals surface area contributed by atoms with Gasteiger partial charge in [0.25, 0.3) is 5.91 Å². The molecule has 0 unspecified atom stereocenters. The molecule has 1 aliphatic rings. The second-order valence-electron chi connectivity index (χ2n) is 6.55. The van der Waals surface area contributed by atoms with Crippen LogP contribution in [0.1, 0.15) is 41.3 Å². The number of carbonyl (C=O) groups is 1. The predicted molar refractivity (Wildman–Crippen MR) is 101 cm³/mol. The molecule has 0 saturated heterocycles. The lowest BCUT2D eigenvalue weighted by molar-refractivity contribution is 0.0963. The third-order valence-electron chi connectivity index (χ3n) is 4.67. The largest absolute Gasteiger partial charge is 0.355 e. The van der Waals surface area contributed by atoms with Gasteiger partial charge in [0.05, 0.1) is 4.90 Å². The highest BCUT2D eigenvalue weighted by Gasteiger charge is 2.38. The zero-order chi connectivity index (χ0) is 18.7. The lowest BCUT2D eigenvalue weighted by atomic mass is 10.1. The topological polar surface area (TPSA) is 66.5 Å². The van der Waals surface area contributed by atoms with E-state index in [1.807, 2.05) is 31.2 Å². The summed E-state index contributed by atoms with van der Waals surface area (Å²) in [7, 11) is -1.95. The second kappa shape index (κ2) is 7.60. The van der Waals surface area contributed by atoms with Gasteiger partial charge in [-0.1, -0.05) is 31.2 Å². The van der Waals surface area contributed by atoms with Crippen LogP contribution in [-0.4, -0.2) is 31.7 Å². The van der Waals surface area contributed by atoms with E-state index in [1.165, 1.54) is 0 Å². The van der Waals surface area contributed by atoms with E-state index in [2.05, 4.69) is 5.32 Å². The number of nitrogens with zero attached hydrogens (tertiary/aromatic N) is 1. The summed E-state index contributed by atoms with van der Waals surface area (Å²) < 4.78 is 27.8. The van der Waals surface area contributed by atoms with Gasteiger partial charge < -0.3 is 5.32 Å². The monoisotopic (exact) mass is 372 g/mol. The van der Waals surface area contributed by atoms with Crippen LogP contribution in [0.25, 0.3) is 0 Å². The number of benzene rings is 2. The molecule has 1 fully saturated rings. The Morgan fingerprint density at radius 3 is 2.12 bits per heavy atom. The minimum Gasteiger partial charge on any atom is -0.355 e. The van der Waals surface area contributed by atoms with E-state index in [1.54, 1.807) is 35.6 Å². The van der Waals surface area contributed by atoms with Crippen molar-refractivity contribution in [2.75, 3.05) is 7.05 Å². The highest BCUT2D eigenvalue weighted by molar-refractivity contribution is 7.89. The zero-order valence-electron chi connectivity index (χ0n) is 15.1. The molecule has 1 aliphatic carbocycles. The maximum atomic E-state index is 13.1. The van der Waals surface area contributed by atoms with Crippen molar-refractivity contribution in [1.29, 1.82) is 0 Å². The van der Waals surface area contributed by atoms with Crippen molar-refractivity contribution >= 4 is 15.9 Å². The van der Waals surface area contributed by atoms with Crippen LogP contribution in [-0.2, 0) is 23.0 Å². The van der Waals surface area contributed by atoms with E-state index in [-0.39, 0.29) is 11.9 Å². The Balaban J connectivity index is 1.83. The van der Waals surface area contributed by atoms with Crippen molar-refractivity contribution in [3.05, 3.63) is 65.2 Å². The van der Waals surface area contributed by atoms with Crippen molar-refractivity contribution in [1.82, 2.24) is 9.62 Å². The van der Waals surface area contributed by atoms with Gasteiger partial charge in [-0.2, -0.15) is 4.31 Å². The van der Waals surface area contributed by atoms with Gasteiger partial charge in [-0.05, 0) is 54.7 Å². The summed E-state index contributed by atoms with van der Waals surface area (Å²) in [6.07, 6.45) is 2.66. The van der Waals surface area contributed by atoms with E-state index < -0.39 is 10.0 Å². The van der Waals surface area contributed by atoms with Crippen molar-refractivity contribution in [3.8, 4) is 0 Å². The minimum absolute atomic E-state index is 0.0597. The third kappa shape index (κ3) is 3.97. The summed E-state index contributed by atoms with van der Waals surface area (Å²) in [6.45, 7) is 2.36. The first-order valence-corrected chi connectivity index (χ1v) is 10.3. The van der Waals surface area contributed by atoms with Gasteiger partial charge in [0.2, 0.25) is 10.0 Å². The first-order valence-electron chi connectivity index (χ1n) is 8.87. The molecule has 26 heavy (non-hydrogen) atoms. The summed E-state index contributed by atoms with van der Waals surface area (Å²) in [6, 6.07) is 14.3. The molecule has 1 N–H and O–H groups in total. The van der Waals surface area contributed by atoms with E-state index >= 15 is 0 Å². The fraction of sp³-hybridized carbons (Fsp3) is 0.350. The van der Waals surface area contributed by atoms with Crippen molar-refractivity contribution in [2.45, 2.75) is 43.7 Å². The van der Waals surface area contributed by atoms with Gasteiger partial charge in [0.15, 0.2) is 0 Å². The first-order chi connectivity index (χ1) is 12.5. The second-order valence-corrected chi connectivity index (χ2v) is 8.45. The van der Waals surface area contributed by atoms with Crippen LogP contribution in [0.5, 0.6) is 0 Å². The Kier molecular flexibility index (Phi) is 5.44. The summed E-state index contributed by atoms with van der Waals surface area (Å²) in [5.74, 6) is -0.153. The number of amides is 1. The highest BCUT2D eigenvalue weighted by Crippen LogP contribution is 2.33. The van der Waals surface area contributed by atoms with Gasteiger partial charge in [-0.25, -0.2) is 8.42 Å². The Morgan fingerprint density at radius 1 is 1.04 bits per heavy atom. The van der Waals surface area contributed by atoms with E-state index in [0.29, 0.717) is 17.0 Å². The number of rotatable bonds is 7. The zero-order valence-corrected chi connectivity index (χ0v) is 15.9. The summed E-state index contributed by atoms with van der Waals surface area (Å²) in [5.41, 5.74) is 2.55. The molecule has 0 aliphatic heterocycles. The molecule has 2 aromatic carbocycles. The Morgan fingerprint density at radius 2 is 1.62 bits per heavy atom. The molecule has 0 radical (unpaired) electrons. The fourth-order valence-electron chi connectivity index (χ4n) is 2.89. The Bertz CT molecular complexity index is 870. The molecule has 0 spiro atoms. The van der Waals surface area contributed by atoms with Gasteiger partial charge >= 0.3 is 0 Å². The van der Waals surface area contributed by atoms with Crippen LogP contribution in [0, 0.1) is 0 Å². The molecule has 1 saturated carbocycles. The Hall–Kier alpha value is -2.18. The molecule has 0 aromatic heterocycles. The average Bonchev–Trinajstić information content (AvgIpc) is 3.50. The summed E-state index contributed by atoms with van der Waals surface area (Å²) >= 11 is 0. The van der Waals surface area contributed by atoms with Crippen LogP contribution < -0.4 is 5.32 Å². The standard InChI is InChI=1S/C20H24N2O3S/c1-3-15-6-12-19(13-7-15)26(24,25)22(18-10-11-18)14-16-4-8-17(9-5-16)20(23)21-2/h4-9,12-13,18H,3,10-11,14H2,1-2H3,(H,21,23). The van der Waals surface area contributed by atoms with E-state index in [0.717, 1.165) is 30.4 Å². The molecule has 5 nitrogen and oxygen atoms in total. The highest BCUT2D eigenvalue weighted by atomic mass is 32.2. The lowest BCUT2D eigenvalue weighted by Crippen LogP contribution is -2.32. The maximum absolute atomic E-state index is 13.1. The van der Waals surface area contributed by atoms with Gasteiger partial charge in [-0.15, -0.1) is 0 Å². The van der Waals surface area contributed by atoms with Crippen LogP contribution in [0.3, 0.4) is 0 Å². The summed E-state index contributed by atoms with van der Waals surface area (Å²) in [4.78, 5) is 12.0. The van der Waals surface area contributed by atoms with Crippen LogP contribution in [0.15, 0.2) is 53.4 Å². The predicted octanol–water partition coefficient (Wildman–Crippen LogP) is 2.96. The van der Waals surface area contributed by atoms with Crippen molar-refractivity contribution in [3.63, 3.8) is 0 Å². The molecular formula is C20H24N2O3S. The van der Waals surface area contributed by atoms with Gasteiger partial charge in [-0.3, -0.25) is 4.79 Å². The third-order valence-corrected chi connectivity index (χ3v) is 6.59. The number of aryl methyl sites for hydroxylation is 1. The number of hydrogen-bond donors (Lipinski definition) is 1. The molecule has 3 rings (SSSR count). The molecule has 0 heterocycles. The van der Waals surface area contributed by atoms with Gasteiger partial charge in [0.1, 0.15) is 0 Å². The lowest BCUT2D eigenvalue weighted by Gasteiger charge is -2.22. The Labute approximate surface area is 155 Å². The molecule has 0 bridgehead atoms. The minimum atomic E-state index is -3.54. The maximum Gasteiger partial charge on any atom is 0.251 e. The van der Waals surface area contributed by atoms with Gasteiger partial charge in [0, 0.05) is 25.2 Å². The number of nitrogens with one attached hydrogen (secondary N) is 1.